The Morgan fingerprint density at radius 1 is 1.19 bits per heavy atom. The molecule has 2 aromatic heterocycles. The van der Waals surface area contributed by atoms with Gasteiger partial charge in [0.2, 0.25) is 5.91 Å². The topological polar surface area (TPSA) is 87.7 Å². The Kier molecular flexibility index (Phi) is 4.99. The molecule has 0 aliphatic rings. The molecule has 0 saturated carbocycles. The van der Waals surface area contributed by atoms with E-state index < -0.39 is 17.5 Å². The molecular weight excluding hydrogens is 362 g/mol. The highest BCUT2D eigenvalue weighted by molar-refractivity contribution is 7.99. The van der Waals surface area contributed by atoms with Gasteiger partial charge in [0.05, 0.1) is 11.1 Å². The van der Waals surface area contributed by atoms with Crippen LogP contribution in [0, 0.1) is 25.5 Å². The molecule has 0 saturated heterocycles. The van der Waals surface area contributed by atoms with Crippen molar-refractivity contribution in [1.82, 2.24) is 15.0 Å². The first-order chi connectivity index (χ1) is 12.3. The van der Waals surface area contributed by atoms with Gasteiger partial charge in [0.15, 0.2) is 22.4 Å². The highest BCUT2D eigenvalue weighted by atomic mass is 32.2. The van der Waals surface area contributed by atoms with Crippen LogP contribution in [0.15, 0.2) is 34.2 Å². The van der Waals surface area contributed by atoms with Gasteiger partial charge in [0, 0.05) is 17.4 Å². The smallest absolute Gasteiger partial charge is 0.261 e. The molecule has 3 rings (SSSR count). The number of fused-ring (bicyclic) bond motifs is 1. The zero-order valence-electron chi connectivity index (χ0n) is 13.9. The summed E-state index contributed by atoms with van der Waals surface area (Å²) >= 11 is 1.01. The molecule has 0 radical (unpaired) electrons. The van der Waals surface area contributed by atoms with Gasteiger partial charge in [-0.2, -0.15) is 0 Å². The first-order valence-electron chi connectivity index (χ1n) is 7.59. The Balaban J connectivity index is 1.74. The van der Waals surface area contributed by atoms with Gasteiger partial charge in [0.25, 0.3) is 5.56 Å². The van der Waals surface area contributed by atoms with Crippen LogP contribution in [0.25, 0.3) is 11.0 Å². The van der Waals surface area contributed by atoms with Gasteiger partial charge in [-0.05, 0) is 37.6 Å². The lowest BCUT2D eigenvalue weighted by Crippen LogP contribution is -2.16. The summed E-state index contributed by atoms with van der Waals surface area (Å²) in [5.41, 5.74) is 1.63. The fourth-order valence-corrected chi connectivity index (χ4v) is 3.09. The molecule has 3 aromatic rings. The summed E-state index contributed by atoms with van der Waals surface area (Å²) in [7, 11) is 0. The number of thioether (sulfide) groups is 1. The van der Waals surface area contributed by atoms with Crippen molar-refractivity contribution >= 4 is 34.4 Å². The van der Waals surface area contributed by atoms with Gasteiger partial charge in [-0.3, -0.25) is 9.59 Å². The number of hydrogen-bond donors (Lipinski definition) is 2. The van der Waals surface area contributed by atoms with E-state index in [0.29, 0.717) is 11.0 Å². The lowest BCUT2D eigenvalue weighted by atomic mass is 10.2. The third-order valence-electron chi connectivity index (χ3n) is 3.52. The van der Waals surface area contributed by atoms with Crippen molar-refractivity contribution in [2.45, 2.75) is 19.0 Å². The number of aryl methyl sites for hydroxylation is 2. The second-order valence-electron chi connectivity index (χ2n) is 5.62. The first kappa shape index (κ1) is 18.0. The molecule has 0 fully saturated rings. The number of aromatic nitrogens is 3. The zero-order chi connectivity index (χ0) is 18.8. The molecule has 0 bridgehead atoms. The Morgan fingerprint density at radius 2 is 1.96 bits per heavy atom. The van der Waals surface area contributed by atoms with E-state index in [0.717, 1.165) is 35.2 Å². The fraction of sp³-hybridized carbons (Fsp3) is 0.176. The van der Waals surface area contributed by atoms with E-state index in [-0.39, 0.29) is 22.2 Å². The average molecular weight is 376 g/mol. The quantitative estimate of drug-likeness (QED) is 0.540. The van der Waals surface area contributed by atoms with Crippen LogP contribution in [0.3, 0.4) is 0 Å². The van der Waals surface area contributed by atoms with Crippen LogP contribution in [-0.4, -0.2) is 26.6 Å². The number of carbonyl (C=O) groups excluding carboxylic acids is 1. The second-order valence-corrected chi connectivity index (χ2v) is 6.58. The van der Waals surface area contributed by atoms with Crippen molar-refractivity contribution in [3.05, 3.63) is 57.5 Å². The molecule has 0 aliphatic carbocycles. The molecule has 2 heterocycles. The number of H-pyrrole nitrogens is 1. The van der Waals surface area contributed by atoms with Crippen LogP contribution in [-0.2, 0) is 4.79 Å². The normalized spacial score (nSPS) is 10.9. The number of benzene rings is 1. The summed E-state index contributed by atoms with van der Waals surface area (Å²) in [4.78, 5) is 35.3. The molecule has 1 aromatic carbocycles. The van der Waals surface area contributed by atoms with Crippen LogP contribution < -0.4 is 10.9 Å². The SMILES string of the molecule is Cc1cc(C)c2c(=O)[nH]c(SCC(=O)Nc3ccc(F)c(F)c3)nc2n1. The van der Waals surface area contributed by atoms with Gasteiger partial charge >= 0.3 is 0 Å². The van der Waals surface area contributed by atoms with Crippen molar-refractivity contribution in [3.8, 4) is 0 Å². The number of pyridine rings is 1. The third kappa shape index (κ3) is 3.88. The number of hydrogen-bond acceptors (Lipinski definition) is 5. The molecule has 0 unspecified atom stereocenters. The molecule has 0 aliphatic heterocycles. The highest BCUT2D eigenvalue weighted by Crippen LogP contribution is 2.18. The predicted octanol–water partition coefficient (Wildman–Crippen LogP) is 2.94. The molecule has 0 atom stereocenters. The number of aromatic amines is 1. The molecule has 6 nitrogen and oxygen atoms in total. The Bertz CT molecular complexity index is 1070. The van der Waals surface area contributed by atoms with Crippen LogP contribution in [0.2, 0.25) is 0 Å². The Labute approximate surface area is 151 Å². The zero-order valence-corrected chi connectivity index (χ0v) is 14.7. The van der Waals surface area contributed by atoms with E-state index in [9.17, 15) is 18.4 Å². The molecular formula is C17H14F2N4O2S. The van der Waals surface area contributed by atoms with Gasteiger partial charge in [0.1, 0.15) is 0 Å². The van der Waals surface area contributed by atoms with Gasteiger partial charge in [-0.25, -0.2) is 18.7 Å². The predicted molar refractivity (Wildman–Crippen MR) is 95.3 cm³/mol. The van der Waals surface area contributed by atoms with Crippen molar-refractivity contribution in [2.75, 3.05) is 11.1 Å². The minimum absolute atomic E-state index is 0.0712. The lowest BCUT2D eigenvalue weighted by Gasteiger charge is -2.07. The minimum Gasteiger partial charge on any atom is -0.325 e. The van der Waals surface area contributed by atoms with E-state index >= 15 is 0 Å². The number of carbonyl (C=O) groups is 1. The molecule has 26 heavy (non-hydrogen) atoms. The number of halogens is 2. The van der Waals surface area contributed by atoms with Crippen molar-refractivity contribution in [2.24, 2.45) is 0 Å². The van der Waals surface area contributed by atoms with Crippen LogP contribution >= 0.6 is 11.8 Å². The molecule has 2 N–H and O–H groups in total. The van der Waals surface area contributed by atoms with Crippen molar-refractivity contribution in [3.63, 3.8) is 0 Å². The van der Waals surface area contributed by atoms with E-state index in [1.54, 1.807) is 19.9 Å². The first-order valence-corrected chi connectivity index (χ1v) is 8.58. The summed E-state index contributed by atoms with van der Waals surface area (Å²) in [5.74, 6) is -2.56. The number of nitrogens with one attached hydrogen (secondary N) is 2. The summed E-state index contributed by atoms with van der Waals surface area (Å²) < 4.78 is 26.0. The Morgan fingerprint density at radius 3 is 2.69 bits per heavy atom. The third-order valence-corrected chi connectivity index (χ3v) is 4.40. The number of rotatable bonds is 4. The monoisotopic (exact) mass is 376 g/mol. The van der Waals surface area contributed by atoms with Gasteiger partial charge in [-0.1, -0.05) is 11.8 Å². The number of anilines is 1. The van der Waals surface area contributed by atoms with Gasteiger partial charge < -0.3 is 10.3 Å². The van der Waals surface area contributed by atoms with E-state index in [1.807, 2.05) is 0 Å². The summed E-state index contributed by atoms with van der Waals surface area (Å²) in [6.07, 6.45) is 0. The van der Waals surface area contributed by atoms with Crippen molar-refractivity contribution < 1.29 is 13.6 Å². The van der Waals surface area contributed by atoms with Gasteiger partial charge in [-0.15, -0.1) is 0 Å². The van der Waals surface area contributed by atoms with Crippen LogP contribution in [0.1, 0.15) is 11.3 Å². The van der Waals surface area contributed by atoms with Crippen molar-refractivity contribution in [1.29, 1.82) is 0 Å². The number of amides is 1. The maximum absolute atomic E-state index is 13.2. The van der Waals surface area contributed by atoms with E-state index in [2.05, 4.69) is 20.3 Å². The summed E-state index contributed by atoms with van der Waals surface area (Å²) in [6, 6.07) is 4.87. The number of nitrogens with zero attached hydrogens (tertiary/aromatic N) is 2. The Hall–Kier alpha value is -2.81. The average Bonchev–Trinajstić information content (AvgIpc) is 2.55. The molecule has 134 valence electrons. The molecule has 9 heteroatoms. The minimum atomic E-state index is -1.05. The second kappa shape index (κ2) is 7.20. The lowest BCUT2D eigenvalue weighted by molar-refractivity contribution is -0.113. The van der Waals surface area contributed by atoms with E-state index in [4.69, 9.17) is 0 Å². The summed E-state index contributed by atoms with van der Waals surface area (Å²) in [6.45, 7) is 3.60. The fourth-order valence-electron chi connectivity index (χ4n) is 2.44. The molecule has 1 amide bonds. The summed E-state index contributed by atoms with van der Waals surface area (Å²) in [5, 5.41) is 3.11. The van der Waals surface area contributed by atoms with Crippen LogP contribution in [0.4, 0.5) is 14.5 Å². The molecule has 0 spiro atoms. The van der Waals surface area contributed by atoms with E-state index in [1.165, 1.54) is 6.07 Å². The maximum atomic E-state index is 13.2. The maximum Gasteiger partial charge on any atom is 0.261 e. The van der Waals surface area contributed by atoms with Crippen LogP contribution in [0.5, 0.6) is 0 Å². The largest absolute Gasteiger partial charge is 0.325 e. The standard InChI is InChI=1S/C17H14F2N4O2S/c1-8-5-9(2)20-15-14(8)16(25)23-17(22-15)26-7-13(24)21-10-3-4-11(18)12(19)6-10/h3-6H,7H2,1-2H3,(H,21,24)(H,20,22,23,25). The highest BCUT2D eigenvalue weighted by Gasteiger charge is 2.11.